The van der Waals surface area contributed by atoms with Gasteiger partial charge in [0, 0.05) is 31.9 Å². The Morgan fingerprint density at radius 3 is 2.27 bits per heavy atom. The molecule has 3 rings (SSSR count). The number of halogens is 1. The highest BCUT2D eigenvalue weighted by molar-refractivity contribution is 7.92. The van der Waals surface area contributed by atoms with Crippen LogP contribution in [0.2, 0.25) is 0 Å². The van der Waals surface area contributed by atoms with Crippen molar-refractivity contribution in [2.75, 3.05) is 48.1 Å². The fourth-order valence-corrected chi connectivity index (χ4v) is 4.11. The third-order valence-electron chi connectivity index (χ3n) is 4.50. The van der Waals surface area contributed by atoms with Crippen molar-refractivity contribution in [2.45, 2.75) is 11.8 Å². The number of nitrogens with zero attached hydrogens (tertiary/aromatic N) is 2. The maximum Gasteiger partial charge on any atom is 0.261 e. The van der Waals surface area contributed by atoms with Gasteiger partial charge in [-0.15, -0.1) is 12.4 Å². The summed E-state index contributed by atoms with van der Waals surface area (Å²) in [5, 5.41) is 0. The highest BCUT2D eigenvalue weighted by Gasteiger charge is 2.20. The van der Waals surface area contributed by atoms with Crippen molar-refractivity contribution >= 4 is 39.5 Å². The third kappa shape index (κ3) is 4.60. The Labute approximate surface area is 161 Å². The minimum atomic E-state index is -3.65. The lowest BCUT2D eigenvalue weighted by atomic mass is 10.2. The van der Waals surface area contributed by atoms with E-state index in [0.29, 0.717) is 11.4 Å². The van der Waals surface area contributed by atoms with Gasteiger partial charge in [-0.05, 0) is 36.9 Å². The van der Waals surface area contributed by atoms with E-state index >= 15 is 0 Å². The van der Waals surface area contributed by atoms with Gasteiger partial charge in [-0.3, -0.25) is 4.72 Å². The normalized spacial score (nSPS) is 15.3. The molecule has 0 atom stereocenters. The predicted octanol–water partition coefficient (Wildman–Crippen LogP) is 2.63. The van der Waals surface area contributed by atoms with Gasteiger partial charge in [0.2, 0.25) is 0 Å². The van der Waals surface area contributed by atoms with E-state index in [9.17, 15) is 8.42 Å². The summed E-state index contributed by atoms with van der Waals surface area (Å²) in [6.45, 7) is 6.98. The summed E-state index contributed by atoms with van der Waals surface area (Å²) in [4.78, 5) is 4.77. The Hall–Kier alpha value is -1.96. The number of hydrogen-bond donors (Lipinski definition) is 2. The van der Waals surface area contributed by atoms with Gasteiger partial charge in [0.25, 0.3) is 10.0 Å². The Balaban J connectivity index is 0.00000243. The zero-order valence-electron chi connectivity index (χ0n) is 14.8. The number of para-hydroxylation sites is 1. The van der Waals surface area contributed by atoms with Crippen LogP contribution in [0.5, 0.6) is 0 Å². The Kier molecular flexibility index (Phi) is 6.75. The number of nitrogen functional groups attached to an aromatic ring is 1. The zero-order valence-corrected chi connectivity index (χ0v) is 16.4. The fraction of sp³-hybridized carbons (Fsp3) is 0.333. The molecule has 0 amide bonds. The van der Waals surface area contributed by atoms with E-state index in [1.807, 2.05) is 6.07 Å². The molecule has 8 heteroatoms. The number of nitrogens with two attached hydrogens (primary N) is 1. The zero-order chi connectivity index (χ0) is 17.9. The van der Waals surface area contributed by atoms with Crippen LogP contribution in [0.25, 0.3) is 0 Å². The average molecular weight is 397 g/mol. The molecule has 142 valence electrons. The van der Waals surface area contributed by atoms with Crippen molar-refractivity contribution in [1.82, 2.24) is 4.90 Å². The number of likely N-dealkylation sites (N-methyl/N-ethyl adjacent to an activating group) is 1. The molecule has 1 aliphatic heterocycles. The molecule has 3 N–H and O–H groups in total. The van der Waals surface area contributed by atoms with Crippen LogP contribution in [0.3, 0.4) is 0 Å². The molecule has 6 nitrogen and oxygen atoms in total. The molecular formula is C18H25ClN4O2S. The number of anilines is 3. The van der Waals surface area contributed by atoms with Crippen LogP contribution in [-0.2, 0) is 10.0 Å². The molecule has 1 aliphatic rings. The first-order valence-corrected chi connectivity index (χ1v) is 9.92. The van der Waals surface area contributed by atoms with E-state index in [0.717, 1.165) is 38.4 Å². The van der Waals surface area contributed by atoms with Gasteiger partial charge >= 0.3 is 0 Å². The molecule has 26 heavy (non-hydrogen) atoms. The van der Waals surface area contributed by atoms with E-state index in [2.05, 4.69) is 21.4 Å². The second-order valence-corrected chi connectivity index (χ2v) is 7.80. The van der Waals surface area contributed by atoms with Crippen molar-refractivity contribution in [1.29, 1.82) is 0 Å². The van der Waals surface area contributed by atoms with Gasteiger partial charge in [0.15, 0.2) is 0 Å². The lowest BCUT2D eigenvalue weighted by molar-refractivity contribution is 0.271. The molecule has 0 unspecified atom stereocenters. The van der Waals surface area contributed by atoms with E-state index in [1.54, 1.807) is 36.4 Å². The Morgan fingerprint density at radius 1 is 1.04 bits per heavy atom. The average Bonchev–Trinajstić information content (AvgIpc) is 2.62. The summed E-state index contributed by atoms with van der Waals surface area (Å²) in [6.07, 6.45) is 0. The highest BCUT2D eigenvalue weighted by Crippen LogP contribution is 2.28. The number of benzene rings is 2. The molecule has 0 bridgehead atoms. The summed E-state index contributed by atoms with van der Waals surface area (Å²) in [6, 6.07) is 13.8. The van der Waals surface area contributed by atoms with Gasteiger partial charge < -0.3 is 15.5 Å². The number of rotatable bonds is 5. The van der Waals surface area contributed by atoms with Crippen molar-refractivity contribution in [3.8, 4) is 0 Å². The summed E-state index contributed by atoms with van der Waals surface area (Å²) in [7, 11) is -3.65. The minimum Gasteiger partial charge on any atom is -0.397 e. The molecule has 2 aromatic carbocycles. The number of nitrogens with one attached hydrogen (secondary N) is 1. The van der Waals surface area contributed by atoms with E-state index in [4.69, 9.17) is 5.73 Å². The van der Waals surface area contributed by atoms with Crippen LogP contribution in [0.1, 0.15) is 6.92 Å². The minimum absolute atomic E-state index is 0. The largest absolute Gasteiger partial charge is 0.397 e. The van der Waals surface area contributed by atoms with Crippen LogP contribution in [-0.4, -0.2) is 46.0 Å². The predicted molar refractivity (Wildman–Crippen MR) is 110 cm³/mol. The second-order valence-electron chi connectivity index (χ2n) is 6.11. The maximum atomic E-state index is 12.5. The van der Waals surface area contributed by atoms with Crippen LogP contribution in [0.15, 0.2) is 53.4 Å². The lowest BCUT2D eigenvalue weighted by Gasteiger charge is -2.36. The molecule has 0 radical (unpaired) electrons. The topological polar surface area (TPSA) is 78.7 Å². The Morgan fingerprint density at radius 2 is 1.69 bits per heavy atom. The third-order valence-corrected chi connectivity index (χ3v) is 5.87. The summed E-state index contributed by atoms with van der Waals surface area (Å²) >= 11 is 0. The first-order chi connectivity index (χ1) is 12.0. The summed E-state index contributed by atoms with van der Waals surface area (Å²) in [5.74, 6) is 0. The van der Waals surface area contributed by atoms with Gasteiger partial charge in [-0.25, -0.2) is 8.42 Å². The molecular weight excluding hydrogens is 372 g/mol. The van der Waals surface area contributed by atoms with E-state index in [1.165, 1.54) is 6.07 Å². The fourth-order valence-electron chi connectivity index (χ4n) is 3.01. The summed E-state index contributed by atoms with van der Waals surface area (Å²) < 4.78 is 27.6. The Bertz CT molecular complexity index is 822. The molecule has 2 aromatic rings. The van der Waals surface area contributed by atoms with Crippen LogP contribution < -0.4 is 15.4 Å². The molecule has 1 fully saturated rings. The SMILES string of the molecule is CCN1CCN(c2ccc(S(=O)(=O)Nc3ccccc3)cc2N)CC1.Cl. The first-order valence-electron chi connectivity index (χ1n) is 8.44. The van der Waals surface area contributed by atoms with Crippen LogP contribution >= 0.6 is 12.4 Å². The first kappa shape index (κ1) is 20.4. The molecule has 1 heterocycles. The van der Waals surface area contributed by atoms with Gasteiger partial charge in [0.05, 0.1) is 16.3 Å². The number of hydrogen-bond acceptors (Lipinski definition) is 5. The van der Waals surface area contributed by atoms with Gasteiger partial charge in [0.1, 0.15) is 0 Å². The van der Waals surface area contributed by atoms with E-state index in [-0.39, 0.29) is 17.3 Å². The van der Waals surface area contributed by atoms with Crippen LogP contribution in [0.4, 0.5) is 17.1 Å². The molecule has 0 saturated carbocycles. The quantitative estimate of drug-likeness (QED) is 0.759. The maximum absolute atomic E-state index is 12.5. The smallest absolute Gasteiger partial charge is 0.261 e. The van der Waals surface area contributed by atoms with Crippen molar-refractivity contribution < 1.29 is 8.42 Å². The lowest BCUT2D eigenvalue weighted by Crippen LogP contribution is -2.46. The molecule has 1 saturated heterocycles. The van der Waals surface area contributed by atoms with Crippen molar-refractivity contribution in [2.24, 2.45) is 0 Å². The van der Waals surface area contributed by atoms with Gasteiger partial charge in [-0.2, -0.15) is 0 Å². The number of piperazine rings is 1. The van der Waals surface area contributed by atoms with Crippen molar-refractivity contribution in [3.05, 3.63) is 48.5 Å². The van der Waals surface area contributed by atoms with Crippen molar-refractivity contribution in [3.63, 3.8) is 0 Å². The van der Waals surface area contributed by atoms with E-state index < -0.39 is 10.0 Å². The highest BCUT2D eigenvalue weighted by atomic mass is 35.5. The standard InChI is InChI=1S/C18H24N4O2S.ClH/c1-2-21-10-12-22(13-11-21)18-9-8-16(14-17(18)19)25(23,24)20-15-6-4-3-5-7-15;/h3-9,14,20H,2,10-13,19H2,1H3;1H. The number of sulfonamides is 1. The van der Waals surface area contributed by atoms with Gasteiger partial charge in [-0.1, -0.05) is 25.1 Å². The second kappa shape index (κ2) is 8.62. The molecule has 0 spiro atoms. The molecule has 0 aromatic heterocycles. The summed E-state index contributed by atoms with van der Waals surface area (Å²) in [5.41, 5.74) is 8.08. The van der Waals surface area contributed by atoms with Crippen LogP contribution in [0, 0.1) is 0 Å². The molecule has 0 aliphatic carbocycles. The monoisotopic (exact) mass is 396 g/mol.